The summed E-state index contributed by atoms with van der Waals surface area (Å²) in [6.07, 6.45) is 0.514. The number of amides is 2. The highest BCUT2D eigenvalue weighted by Gasteiger charge is 2.28. The lowest BCUT2D eigenvalue weighted by molar-refractivity contribution is -0.384. The maximum atomic E-state index is 13.0. The summed E-state index contributed by atoms with van der Waals surface area (Å²) in [5.74, 6) is -0.788. The molecule has 1 N–H and O–H groups in total. The minimum Gasteiger partial charge on any atom is -0.318 e. The Balaban J connectivity index is 1.60. The number of non-ortho nitro benzene ring substituents is 1. The van der Waals surface area contributed by atoms with Gasteiger partial charge in [-0.25, -0.2) is 4.68 Å². The van der Waals surface area contributed by atoms with Crippen molar-refractivity contribution in [3.63, 3.8) is 0 Å². The van der Waals surface area contributed by atoms with E-state index in [9.17, 15) is 24.5 Å². The van der Waals surface area contributed by atoms with E-state index in [0.29, 0.717) is 29.1 Å². The first-order valence-corrected chi connectivity index (χ1v) is 9.99. The predicted octanol–water partition coefficient (Wildman–Crippen LogP) is 2.31. The Kier molecular flexibility index (Phi) is 5.35. The normalized spacial score (nSPS) is 13.1. The van der Waals surface area contributed by atoms with E-state index in [2.05, 4.69) is 5.32 Å². The number of hydrogen-bond donors (Lipinski definition) is 1. The zero-order valence-corrected chi connectivity index (χ0v) is 17.6. The highest BCUT2D eigenvalue weighted by Crippen LogP contribution is 2.31. The highest BCUT2D eigenvalue weighted by molar-refractivity contribution is 6.04. The van der Waals surface area contributed by atoms with Crippen molar-refractivity contribution in [1.82, 2.24) is 9.36 Å². The van der Waals surface area contributed by atoms with Crippen LogP contribution in [-0.2, 0) is 23.1 Å². The standard InChI is InChI=1S/C22H21N5O5/c1-14-21(22(30)26(24(14)2)16-6-4-3-5-7-16)23-19(28)13-25-18-10-9-17(27(31)32)12-15(18)8-11-20(25)29/h3-7,9-10,12H,8,11,13H2,1-2H3,(H,23,28). The summed E-state index contributed by atoms with van der Waals surface area (Å²) in [7, 11) is 1.72. The molecule has 164 valence electrons. The Labute approximate surface area is 182 Å². The molecule has 0 bridgehead atoms. The third kappa shape index (κ3) is 3.66. The monoisotopic (exact) mass is 435 g/mol. The number of anilines is 2. The number of fused-ring (bicyclic) bond motifs is 1. The van der Waals surface area contributed by atoms with Gasteiger partial charge in [0.15, 0.2) is 0 Å². The predicted molar refractivity (Wildman–Crippen MR) is 118 cm³/mol. The molecule has 10 heteroatoms. The van der Waals surface area contributed by atoms with Crippen LogP contribution in [-0.4, -0.2) is 32.6 Å². The van der Waals surface area contributed by atoms with Gasteiger partial charge in [-0.15, -0.1) is 0 Å². The molecule has 2 aromatic carbocycles. The Morgan fingerprint density at radius 1 is 1.12 bits per heavy atom. The van der Waals surface area contributed by atoms with Crippen molar-refractivity contribution >= 4 is 28.9 Å². The van der Waals surface area contributed by atoms with Crippen LogP contribution in [0.1, 0.15) is 17.7 Å². The average Bonchev–Trinajstić information content (AvgIpc) is 2.99. The molecular weight excluding hydrogens is 414 g/mol. The maximum absolute atomic E-state index is 13.0. The number of carbonyl (C=O) groups is 2. The van der Waals surface area contributed by atoms with Crippen molar-refractivity contribution in [3.8, 4) is 5.69 Å². The number of rotatable bonds is 5. The number of nitrogens with zero attached hydrogens (tertiary/aromatic N) is 4. The van der Waals surface area contributed by atoms with E-state index in [1.165, 1.54) is 27.8 Å². The van der Waals surface area contributed by atoms with Crippen molar-refractivity contribution in [2.24, 2.45) is 7.05 Å². The first kappa shape index (κ1) is 21.0. The summed E-state index contributed by atoms with van der Waals surface area (Å²) in [4.78, 5) is 50.1. The summed E-state index contributed by atoms with van der Waals surface area (Å²) in [6, 6.07) is 13.2. The van der Waals surface area contributed by atoms with Gasteiger partial charge in [-0.1, -0.05) is 18.2 Å². The van der Waals surface area contributed by atoms with E-state index < -0.39 is 10.8 Å². The van der Waals surface area contributed by atoms with Gasteiger partial charge in [-0.05, 0) is 37.1 Å². The summed E-state index contributed by atoms with van der Waals surface area (Å²) in [6.45, 7) is 1.42. The maximum Gasteiger partial charge on any atom is 0.295 e. The summed E-state index contributed by atoms with van der Waals surface area (Å²) in [5, 5.41) is 13.7. The second-order valence-corrected chi connectivity index (χ2v) is 7.53. The number of nitro benzene ring substituents is 1. The first-order valence-electron chi connectivity index (χ1n) is 9.99. The molecule has 4 rings (SSSR count). The largest absolute Gasteiger partial charge is 0.318 e. The fourth-order valence-corrected chi connectivity index (χ4v) is 3.87. The van der Waals surface area contributed by atoms with Crippen LogP contribution in [0.3, 0.4) is 0 Å². The molecule has 3 aromatic rings. The SMILES string of the molecule is Cc1c(NC(=O)CN2C(=O)CCc3cc([N+](=O)[O-])ccc32)c(=O)n(-c2ccccc2)n1C. The van der Waals surface area contributed by atoms with Crippen molar-refractivity contribution in [3.05, 3.63) is 80.3 Å². The van der Waals surface area contributed by atoms with Crippen LogP contribution in [0.5, 0.6) is 0 Å². The molecular formula is C22H21N5O5. The van der Waals surface area contributed by atoms with Crippen LogP contribution in [0.4, 0.5) is 17.1 Å². The fourth-order valence-electron chi connectivity index (χ4n) is 3.87. The Hall–Kier alpha value is -4.21. The molecule has 0 saturated carbocycles. The van der Waals surface area contributed by atoms with Gasteiger partial charge in [-0.3, -0.25) is 29.2 Å². The molecule has 0 atom stereocenters. The topological polar surface area (TPSA) is 119 Å². The quantitative estimate of drug-likeness (QED) is 0.487. The van der Waals surface area contributed by atoms with Gasteiger partial charge >= 0.3 is 0 Å². The molecule has 1 aromatic heterocycles. The Bertz CT molecular complexity index is 1290. The van der Waals surface area contributed by atoms with Gasteiger partial charge in [0.2, 0.25) is 11.8 Å². The number of para-hydroxylation sites is 1. The van der Waals surface area contributed by atoms with Crippen molar-refractivity contribution in [2.45, 2.75) is 19.8 Å². The molecule has 0 saturated heterocycles. The third-order valence-corrected chi connectivity index (χ3v) is 5.59. The van der Waals surface area contributed by atoms with E-state index >= 15 is 0 Å². The van der Waals surface area contributed by atoms with Crippen molar-refractivity contribution in [1.29, 1.82) is 0 Å². The minimum absolute atomic E-state index is 0.0659. The number of benzene rings is 2. The van der Waals surface area contributed by atoms with E-state index in [1.54, 1.807) is 30.8 Å². The zero-order chi connectivity index (χ0) is 23.0. The van der Waals surface area contributed by atoms with Gasteiger partial charge in [0.05, 0.1) is 16.3 Å². The Morgan fingerprint density at radius 3 is 2.53 bits per heavy atom. The van der Waals surface area contributed by atoms with Gasteiger partial charge in [0.1, 0.15) is 12.2 Å². The van der Waals surface area contributed by atoms with Crippen LogP contribution in [0.25, 0.3) is 5.69 Å². The Morgan fingerprint density at radius 2 is 1.84 bits per heavy atom. The van der Waals surface area contributed by atoms with Crippen LogP contribution < -0.4 is 15.8 Å². The highest BCUT2D eigenvalue weighted by atomic mass is 16.6. The molecule has 0 fully saturated rings. The van der Waals surface area contributed by atoms with Crippen LogP contribution in [0, 0.1) is 17.0 Å². The third-order valence-electron chi connectivity index (χ3n) is 5.59. The van der Waals surface area contributed by atoms with Crippen molar-refractivity contribution in [2.75, 3.05) is 16.8 Å². The van der Waals surface area contributed by atoms with Crippen LogP contribution in [0.2, 0.25) is 0 Å². The van der Waals surface area contributed by atoms with E-state index in [1.807, 2.05) is 18.2 Å². The summed E-state index contributed by atoms with van der Waals surface area (Å²) >= 11 is 0. The molecule has 1 aliphatic rings. The van der Waals surface area contributed by atoms with Crippen LogP contribution in [0.15, 0.2) is 53.3 Å². The van der Waals surface area contributed by atoms with Gasteiger partial charge in [-0.2, -0.15) is 0 Å². The number of nitrogens with one attached hydrogen (secondary N) is 1. The second kappa shape index (κ2) is 8.14. The number of carbonyl (C=O) groups excluding carboxylic acids is 2. The fraction of sp³-hybridized carbons (Fsp3) is 0.227. The molecule has 2 amide bonds. The minimum atomic E-state index is -0.532. The molecule has 0 spiro atoms. The average molecular weight is 435 g/mol. The first-order chi connectivity index (χ1) is 15.3. The lowest BCUT2D eigenvalue weighted by atomic mass is 10.0. The second-order valence-electron chi connectivity index (χ2n) is 7.53. The molecule has 1 aliphatic heterocycles. The smallest absolute Gasteiger partial charge is 0.295 e. The molecule has 0 aliphatic carbocycles. The lowest BCUT2D eigenvalue weighted by Crippen LogP contribution is -2.41. The number of aromatic nitrogens is 2. The molecule has 2 heterocycles. The van der Waals surface area contributed by atoms with Crippen LogP contribution >= 0.6 is 0 Å². The van der Waals surface area contributed by atoms with Gasteiger partial charge in [0, 0.05) is 31.3 Å². The van der Waals surface area contributed by atoms with Gasteiger partial charge < -0.3 is 10.2 Å². The number of aryl methyl sites for hydroxylation is 1. The van der Waals surface area contributed by atoms with E-state index in [0.717, 1.165) is 0 Å². The summed E-state index contributed by atoms with van der Waals surface area (Å²) < 4.78 is 3.10. The summed E-state index contributed by atoms with van der Waals surface area (Å²) in [5.41, 5.74) is 2.00. The number of hydrogen-bond acceptors (Lipinski definition) is 5. The molecule has 0 radical (unpaired) electrons. The lowest BCUT2D eigenvalue weighted by Gasteiger charge is -2.28. The molecule has 10 nitrogen and oxygen atoms in total. The zero-order valence-electron chi connectivity index (χ0n) is 17.6. The van der Waals surface area contributed by atoms with Gasteiger partial charge in [0.25, 0.3) is 11.2 Å². The number of nitro groups is 1. The van der Waals surface area contributed by atoms with Crippen molar-refractivity contribution < 1.29 is 14.5 Å². The van der Waals surface area contributed by atoms with E-state index in [4.69, 9.17) is 0 Å². The van der Waals surface area contributed by atoms with E-state index in [-0.39, 0.29) is 35.8 Å². The molecule has 0 unspecified atom stereocenters. The molecule has 32 heavy (non-hydrogen) atoms.